The number of piperidine rings is 1. The van der Waals surface area contributed by atoms with Gasteiger partial charge in [-0.3, -0.25) is 9.48 Å². The predicted molar refractivity (Wildman–Crippen MR) is 97.6 cm³/mol. The average Bonchev–Trinajstić information content (AvgIpc) is 3.23. The minimum absolute atomic E-state index is 0.0517. The number of rotatable bonds is 4. The van der Waals surface area contributed by atoms with E-state index in [2.05, 4.69) is 10.2 Å². The van der Waals surface area contributed by atoms with E-state index in [1.165, 1.54) is 0 Å². The molecule has 1 aliphatic rings. The number of likely N-dealkylation sites (tertiary alicyclic amines) is 1. The second-order valence-corrected chi connectivity index (χ2v) is 7.01. The first-order valence-corrected chi connectivity index (χ1v) is 9.22. The van der Waals surface area contributed by atoms with E-state index in [1.807, 2.05) is 54.0 Å². The molecule has 3 aromatic heterocycles. The summed E-state index contributed by atoms with van der Waals surface area (Å²) in [6.45, 7) is 5.33. The number of hydrogen-bond donors (Lipinski definition) is 0. The molecule has 0 aromatic carbocycles. The van der Waals surface area contributed by atoms with Crippen molar-refractivity contribution in [1.82, 2.24) is 29.3 Å². The number of amides is 1. The average molecular weight is 352 g/mol. The Kier molecular flexibility index (Phi) is 4.44. The fraction of sp³-hybridized carbons (Fsp3) is 0.474. The molecule has 0 bridgehead atoms. The molecule has 0 saturated carbocycles. The van der Waals surface area contributed by atoms with E-state index >= 15 is 0 Å². The van der Waals surface area contributed by atoms with Gasteiger partial charge in [0.1, 0.15) is 0 Å². The van der Waals surface area contributed by atoms with Crippen LogP contribution in [-0.4, -0.2) is 41.7 Å². The lowest BCUT2D eigenvalue weighted by molar-refractivity contribution is -0.135. The smallest absolute Gasteiger partial charge is 0.224 e. The van der Waals surface area contributed by atoms with Gasteiger partial charge in [0.2, 0.25) is 5.91 Å². The summed E-state index contributed by atoms with van der Waals surface area (Å²) < 4.78 is 3.62. The van der Waals surface area contributed by atoms with Gasteiger partial charge < -0.3 is 4.90 Å². The number of carbonyl (C=O) groups is 1. The van der Waals surface area contributed by atoms with Gasteiger partial charge in [0.05, 0.1) is 23.1 Å². The van der Waals surface area contributed by atoms with E-state index in [1.54, 1.807) is 4.52 Å². The summed E-state index contributed by atoms with van der Waals surface area (Å²) in [6.07, 6.45) is 7.46. The Morgan fingerprint density at radius 1 is 1.15 bits per heavy atom. The Hall–Kier alpha value is -2.70. The topological polar surface area (TPSA) is 68.3 Å². The van der Waals surface area contributed by atoms with Gasteiger partial charge in [-0.1, -0.05) is 0 Å². The Morgan fingerprint density at radius 3 is 2.85 bits per heavy atom. The Bertz CT molecular complexity index is 927. The molecule has 26 heavy (non-hydrogen) atoms. The minimum Gasteiger partial charge on any atom is -0.334 e. The van der Waals surface area contributed by atoms with E-state index in [9.17, 15) is 4.79 Å². The number of hydrogen-bond acceptors (Lipinski definition) is 4. The van der Waals surface area contributed by atoms with Gasteiger partial charge in [-0.25, -0.2) is 9.50 Å². The molecule has 1 amide bonds. The first kappa shape index (κ1) is 16.8. The second-order valence-electron chi connectivity index (χ2n) is 7.01. The monoisotopic (exact) mass is 352 g/mol. The third kappa shape index (κ3) is 3.34. The van der Waals surface area contributed by atoms with Crippen LogP contribution in [0.5, 0.6) is 0 Å². The summed E-state index contributed by atoms with van der Waals surface area (Å²) >= 11 is 0. The van der Waals surface area contributed by atoms with Crippen molar-refractivity contribution in [1.29, 1.82) is 0 Å². The lowest BCUT2D eigenvalue weighted by Gasteiger charge is -2.35. The highest BCUT2D eigenvalue weighted by Crippen LogP contribution is 2.30. The summed E-state index contributed by atoms with van der Waals surface area (Å²) in [5.41, 5.74) is 3.72. The van der Waals surface area contributed by atoms with Crippen molar-refractivity contribution in [3.63, 3.8) is 0 Å². The van der Waals surface area contributed by atoms with Gasteiger partial charge in [0.25, 0.3) is 0 Å². The molecule has 0 radical (unpaired) electrons. The first-order valence-electron chi connectivity index (χ1n) is 9.22. The molecule has 0 unspecified atom stereocenters. The lowest BCUT2D eigenvalue weighted by Crippen LogP contribution is -2.39. The van der Waals surface area contributed by atoms with E-state index < -0.39 is 0 Å². The molecular weight excluding hydrogens is 328 g/mol. The molecule has 1 saturated heterocycles. The minimum atomic E-state index is 0.0517. The molecule has 0 aliphatic carbocycles. The van der Waals surface area contributed by atoms with Crippen LogP contribution in [0, 0.1) is 13.8 Å². The molecule has 4 rings (SSSR count). The van der Waals surface area contributed by atoms with Crippen molar-refractivity contribution in [2.45, 2.75) is 52.1 Å². The summed E-state index contributed by atoms with van der Waals surface area (Å²) in [5.74, 6) is 0.175. The maximum atomic E-state index is 12.9. The normalized spacial score (nSPS) is 17.8. The van der Waals surface area contributed by atoms with Crippen LogP contribution in [0.4, 0.5) is 0 Å². The highest BCUT2D eigenvalue weighted by Gasteiger charge is 2.29. The Morgan fingerprint density at radius 2 is 2.04 bits per heavy atom. The van der Waals surface area contributed by atoms with Crippen LogP contribution >= 0.6 is 0 Å². The summed E-state index contributed by atoms with van der Waals surface area (Å²) in [4.78, 5) is 19.6. The quantitative estimate of drug-likeness (QED) is 0.724. The van der Waals surface area contributed by atoms with Crippen molar-refractivity contribution < 1.29 is 4.79 Å². The predicted octanol–water partition coefficient (Wildman–Crippen LogP) is 2.69. The Labute approximate surface area is 152 Å². The van der Waals surface area contributed by atoms with Crippen LogP contribution in [0.2, 0.25) is 0 Å². The largest absolute Gasteiger partial charge is 0.334 e. The second kappa shape index (κ2) is 6.90. The zero-order valence-corrected chi connectivity index (χ0v) is 15.3. The van der Waals surface area contributed by atoms with Crippen molar-refractivity contribution in [3.05, 3.63) is 47.7 Å². The molecule has 1 fully saturated rings. The van der Waals surface area contributed by atoms with Gasteiger partial charge >= 0.3 is 0 Å². The van der Waals surface area contributed by atoms with Crippen LogP contribution in [-0.2, 0) is 11.3 Å². The van der Waals surface area contributed by atoms with Gasteiger partial charge in [0, 0.05) is 38.0 Å². The lowest BCUT2D eigenvalue weighted by atomic mass is 9.98. The van der Waals surface area contributed by atoms with Crippen LogP contribution in [0.15, 0.2) is 30.6 Å². The molecule has 3 aromatic rings. The van der Waals surface area contributed by atoms with E-state index in [-0.39, 0.29) is 11.9 Å². The Balaban J connectivity index is 1.51. The molecule has 1 aliphatic heterocycles. The highest BCUT2D eigenvalue weighted by molar-refractivity contribution is 5.76. The third-order valence-corrected chi connectivity index (χ3v) is 4.96. The van der Waals surface area contributed by atoms with Crippen molar-refractivity contribution in [3.8, 4) is 0 Å². The highest BCUT2D eigenvalue weighted by atomic mass is 16.2. The van der Waals surface area contributed by atoms with Gasteiger partial charge in [-0.2, -0.15) is 10.2 Å². The summed E-state index contributed by atoms with van der Waals surface area (Å²) in [6, 6.07) is 5.97. The van der Waals surface area contributed by atoms with Gasteiger partial charge in [-0.05, 0) is 45.2 Å². The van der Waals surface area contributed by atoms with E-state index in [0.717, 1.165) is 48.5 Å². The van der Waals surface area contributed by atoms with Crippen LogP contribution < -0.4 is 0 Å². The van der Waals surface area contributed by atoms with Gasteiger partial charge in [-0.15, -0.1) is 0 Å². The maximum absolute atomic E-state index is 12.9. The van der Waals surface area contributed by atoms with Crippen molar-refractivity contribution in [2.24, 2.45) is 0 Å². The van der Waals surface area contributed by atoms with Crippen LogP contribution in [0.25, 0.3) is 5.65 Å². The number of carbonyl (C=O) groups excluding carboxylic acids is 1. The molecule has 1 atom stereocenters. The van der Waals surface area contributed by atoms with Crippen molar-refractivity contribution >= 4 is 11.6 Å². The molecular formula is C19H24N6O. The maximum Gasteiger partial charge on any atom is 0.224 e. The molecule has 0 N–H and O–H groups in total. The standard InChI is InChI=1S/C19H24N6O/c1-14-6-10-23(21-14)11-8-19(26)24-9-4-3-5-17(24)16-7-12-25-18(20-16)13-15(2)22-25/h6-7,10,12-13,17H,3-5,8-9,11H2,1-2H3/t17-/m0/s1. The molecule has 7 heteroatoms. The number of aryl methyl sites for hydroxylation is 3. The van der Waals surface area contributed by atoms with E-state index in [4.69, 9.17) is 4.98 Å². The zero-order valence-electron chi connectivity index (χ0n) is 15.3. The first-order chi connectivity index (χ1) is 12.6. The third-order valence-electron chi connectivity index (χ3n) is 4.96. The number of nitrogens with zero attached hydrogens (tertiary/aromatic N) is 6. The van der Waals surface area contributed by atoms with Crippen molar-refractivity contribution in [2.75, 3.05) is 6.54 Å². The fourth-order valence-electron chi connectivity index (χ4n) is 3.68. The number of aromatic nitrogens is 5. The summed E-state index contributed by atoms with van der Waals surface area (Å²) in [7, 11) is 0. The van der Waals surface area contributed by atoms with Crippen LogP contribution in [0.3, 0.4) is 0 Å². The van der Waals surface area contributed by atoms with Crippen LogP contribution in [0.1, 0.15) is 48.8 Å². The molecule has 0 spiro atoms. The van der Waals surface area contributed by atoms with E-state index in [0.29, 0.717) is 13.0 Å². The molecule has 7 nitrogen and oxygen atoms in total. The zero-order chi connectivity index (χ0) is 18.1. The molecule has 136 valence electrons. The SMILES string of the molecule is Cc1ccn(CCC(=O)N2CCCC[C@H]2c2ccn3nc(C)cc3n2)n1. The summed E-state index contributed by atoms with van der Waals surface area (Å²) in [5, 5.41) is 8.75. The number of fused-ring (bicyclic) bond motifs is 1. The van der Waals surface area contributed by atoms with Gasteiger partial charge in [0.15, 0.2) is 5.65 Å². The fourth-order valence-corrected chi connectivity index (χ4v) is 3.68. The molecule has 4 heterocycles.